The number of anilines is 6. The summed E-state index contributed by atoms with van der Waals surface area (Å²) in [5.41, 5.74) is 33.4. The van der Waals surface area contributed by atoms with Crippen molar-refractivity contribution in [2.45, 2.75) is 25.7 Å². The Bertz CT molecular complexity index is 1490. The summed E-state index contributed by atoms with van der Waals surface area (Å²) in [5, 5.41) is 10.7. The van der Waals surface area contributed by atoms with Crippen molar-refractivity contribution in [2.75, 3.05) is 59.7 Å². The van der Waals surface area contributed by atoms with E-state index in [0.717, 1.165) is 0 Å². The van der Waals surface area contributed by atoms with Crippen molar-refractivity contribution in [3.05, 3.63) is 28.0 Å². The van der Waals surface area contributed by atoms with E-state index in [4.69, 9.17) is 57.6 Å². The van der Waals surface area contributed by atoms with Gasteiger partial charge in [-0.15, -0.1) is 0 Å². The van der Waals surface area contributed by atoms with E-state index in [1.54, 1.807) is 0 Å². The summed E-state index contributed by atoms with van der Waals surface area (Å²) in [5.74, 6) is -1.39. The lowest BCUT2D eigenvalue weighted by Crippen LogP contribution is -2.38. The average Bonchev–Trinajstić information content (AvgIpc) is 3.00. The molecule has 23 heteroatoms. The highest BCUT2D eigenvalue weighted by molar-refractivity contribution is 6.32. The molecule has 0 saturated heterocycles. The van der Waals surface area contributed by atoms with E-state index >= 15 is 0 Å². The van der Waals surface area contributed by atoms with Crippen LogP contribution in [-0.4, -0.2) is 84.8 Å². The van der Waals surface area contributed by atoms with E-state index in [1.165, 1.54) is 6.33 Å². The van der Waals surface area contributed by atoms with Crippen LogP contribution in [0.1, 0.15) is 46.7 Å². The first-order valence-electron chi connectivity index (χ1n) is 13.5. The Morgan fingerprint density at radius 2 is 1.04 bits per heavy atom. The fraction of sp³-hybridized carbons (Fsp3) is 0.348. The number of hydrogen-bond acceptors (Lipinski definition) is 17. The molecule has 246 valence electrons. The molecule has 0 aliphatic rings. The molecule has 0 saturated carbocycles. The van der Waals surface area contributed by atoms with Gasteiger partial charge in [-0.05, 0) is 25.7 Å². The molecule has 0 unspecified atom stereocenters. The Morgan fingerprint density at radius 1 is 0.630 bits per heavy atom. The van der Waals surface area contributed by atoms with Gasteiger partial charge in [-0.3, -0.25) is 30.2 Å². The number of nitrogen functional groups attached to an aromatic ring is 4. The minimum atomic E-state index is -0.711. The second-order valence-electron chi connectivity index (χ2n) is 9.11. The van der Waals surface area contributed by atoms with E-state index in [9.17, 15) is 9.59 Å². The predicted molar refractivity (Wildman–Crippen MR) is 175 cm³/mol. The monoisotopic (exact) mass is 677 g/mol. The van der Waals surface area contributed by atoms with Crippen LogP contribution in [0.25, 0.3) is 0 Å². The van der Waals surface area contributed by atoms with E-state index in [0.29, 0.717) is 63.8 Å². The molecule has 0 aromatic carbocycles. The lowest BCUT2D eigenvalue weighted by Gasteiger charge is -2.08. The molecule has 21 nitrogen and oxygen atoms in total. The van der Waals surface area contributed by atoms with Crippen LogP contribution in [0.2, 0.25) is 10.3 Å². The average molecular weight is 679 g/mol. The molecule has 0 bridgehead atoms. The van der Waals surface area contributed by atoms with Crippen molar-refractivity contribution in [3.63, 3.8) is 0 Å². The lowest BCUT2D eigenvalue weighted by molar-refractivity contribution is 0.0964. The number of nitrogens with one attached hydrogen (secondary N) is 4. The topological polar surface area (TPSA) is 353 Å². The summed E-state index contributed by atoms with van der Waals surface area (Å²) in [4.78, 5) is 60.4. The quantitative estimate of drug-likeness (QED) is 0.0552. The number of amides is 2. The maximum absolute atomic E-state index is 12.3. The first-order chi connectivity index (χ1) is 21.9. The summed E-state index contributed by atoms with van der Waals surface area (Å²) in [6.45, 7) is 1.82. The fourth-order valence-corrected chi connectivity index (χ4v) is 3.64. The van der Waals surface area contributed by atoms with Gasteiger partial charge in [-0.2, -0.15) is 4.98 Å². The van der Waals surface area contributed by atoms with Gasteiger partial charge < -0.3 is 45.0 Å². The van der Waals surface area contributed by atoms with Gasteiger partial charge in [0.15, 0.2) is 56.9 Å². The Morgan fingerprint density at radius 3 is 1.46 bits per heavy atom. The summed E-state index contributed by atoms with van der Waals surface area (Å²) in [6.07, 6.45) is 4.12. The van der Waals surface area contributed by atoms with Crippen LogP contribution in [-0.2, 0) is 0 Å². The Labute approximate surface area is 271 Å². The third-order valence-electron chi connectivity index (χ3n) is 5.60. The van der Waals surface area contributed by atoms with Crippen LogP contribution in [0.5, 0.6) is 0 Å². The zero-order valence-electron chi connectivity index (χ0n) is 24.3. The first kappa shape index (κ1) is 34.9. The van der Waals surface area contributed by atoms with Gasteiger partial charge in [0.05, 0.1) is 0 Å². The largest absolute Gasteiger partial charge is 0.382 e. The number of carbonyl (C=O) groups excluding carboxylic acids is 2. The van der Waals surface area contributed by atoms with E-state index in [-0.39, 0.29) is 56.9 Å². The molecule has 0 radical (unpaired) electrons. The van der Waals surface area contributed by atoms with E-state index < -0.39 is 11.8 Å². The van der Waals surface area contributed by atoms with Crippen LogP contribution in [0.3, 0.4) is 0 Å². The summed E-state index contributed by atoms with van der Waals surface area (Å²) in [7, 11) is 0. The molecule has 0 atom stereocenters. The number of guanidine groups is 2. The van der Waals surface area contributed by atoms with Crippen molar-refractivity contribution in [3.8, 4) is 0 Å². The Kier molecular flexibility index (Phi) is 12.9. The maximum atomic E-state index is 12.3. The van der Waals surface area contributed by atoms with Crippen LogP contribution >= 0.6 is 23.2 Å². The van der Waals surface area contributed by atoms with Gasteiger partial charge in [0.25, 0.3) is 11.8 Å². The van der Waals surface area contributed by atoms with Crippen molar-refractivity contribution >= 4 is 82.1 Å². The minimum Gasteiger partial charge on any atom is -0.382 e. The first-order valence-corrected chi connectivity index (χ1v) is 14.3. The molecule has 3 rings (SSSR count). The number of rotatable bonds is 14. The summed E-state index contributed by atoms with van der Waals surface area (Å²) >= 11 is 11.6. The third-order valence-corrected chi connectivity index (χ3v) is 6.15. The molecule has 0 fully saturated rings. The molecule has 16 N–H and O–H groups in total. The highest BCUT2D eigenvalue weighted by atomic mass is 35.5. The van der Waals surface area contributed by atoms with Gasteiger partial charge >= 0.3 is 0 Å². The van der Waals surface area contributed by atoms with Crippen LogP contribution in [0.4, 0.5) is 35.2 Å². The molecule has 2 amide bonds. The van der Waals surface area contributed by atoms with Crippen LogP contribution in [0.15, 0.2) is 16.3 Å². The Balaban J connectivity index is 1.30. The number of nitrogens with zero attached hydrogens (tertiary/aromatic N) is 9. The molecule has 0 aliphatic carbocycles. The zero-order valence-corrected chi connectivity index (χ0v) is 25.8. The number of nitrogens with two attached hydrogens (primary N) is 6. The van der Waals surface area contributed by atoms with Crippen molar-refractivity contribution in [1.29, 1.82) is 0 Å². The number of aromatic nitrogens is 7. The number of carbonyl (C=O) groups is 2. The van der Waals surface area contributed by atoms with E-state index in [1.807, 2.05) is 0 Å². The molecule has 3 aromatic rings. The maximum Gasteiger partial charge on any atom is 0.280 e. The fourth-order valence-electron chi connectivity index (χ4n) is 3.39. The normalized spacial score (nSPS) is 11.6. The zero-order chi connectivity index (χ0) is 33.6. The molecule has 3 heterocycles. The van der Waals surface area contributed by atoms with Gasteiger partial charge in [0.1, 0.15) is 6.33 Å². The van der Waals surface area contributed by atoms with Gasteiger partial charge in [0.2, 0.25) is 11.9 Å². The van der Waals surface area contributed by atoms with Crippen LogP contribution in [0, 0.1) is 0 Å². The third kappa shape index (κ3) is 10.9. The molecule has 0 spiro atoms. The number of halogens is 2. The van der Waals surface area contributed by atoms with Crippen molar-refractivity contribution in [1.82, 2.24) is 45.5 Å². The summed E-state index contributed by atoms with van der Waals surface area (Å²) < 4.78 is 0. The molecule has 46 heavy (non-hydrogen) atoms. The molecule has 0 aliphatic heterocycles. The summed E-state index contributed by atoms with van der Waals surface area (Å²) in [6, 6.07) is 0. The van der Waals surface area contributed by atoms with Gasteiger partial charge in [0, 0.05) is 26.2 Å². The number of unbranched alkanes of at least 4 members (excludes halogenated alkanes) is 2. The van der Waals surface area contributed by atoms with Gasteiger partial charge in [-0.25, -0.2) is 29.9 Å². The Hall–Kier alpha value is -5.57. The van der Waals surface area contributed by atoms with E-state index in [2.05, 4.69) is 66.1 Å². The van der Waals surface area contributed by atoms with Crippen molar-refractivity contribution in [2.24, 2.45) is 21.5 Å². The molecular formula is C23H33Cl2N19O2. The second kappa shape index (κ2) is 17.1. The standard InChI is InChI=1S/C23H33Cl2N19O2/c24-12-16(28)40-14(26)10(38-12)18(45)42-20(30)32-5-1-3-7-34-22-36-9-37-23(44-22)35-8-4-2-6-33-21(31)43-19(46)11-15(27)41-17(29)13(25)39-11/h9H,1-8H2,(H4,26,28,40)(H4,27,29,41)(H3,30,32,42,45)(H3,31,33,43,46)(H2,34,35,36,37,44). The highest BCUT2D eigenvalue weighted by Crippen LogP contribution is 2.18. The lowest BCUT2D eigenvalue weighted by atomic mass is 10.3. The number of hydrogen-bond donors (Lipinski definition) is 10. The molecule has 3 aromatic heterocycles. The van der Waals surface area contributed by atoms with Crippen LogP contribution < -0.4 is 55.7 Å². The SMILES string of the molecule is NC(=NCCCCNc1ncnc(NCCCCN=C(N)NC(=O)c2nc(Cl)c(N)nc2N)n1)NC(=O)c1nc(Cl)c(N)nc1N. The predicted octanol–water partition coefficient (Wildman–Crippen LogP) is -1.04. The van der Waals surface area contributed by atoms with Crippen molar-refractivity contribution < 1.29 is 9.59 Å². The van der Waals surface area contributed by atoms with Gasteiger partial charge in [-0.1, -0.05) is 23.2 Å². The molecular weight excluding hydrogens is 645 g/mol. The highest BCUT2D eigenvalue weighted by Gasteiger charge is 2.17. The smallest absolute Gasteiger partial charge is 0.280 e. The second-order valence-corrected chi connectivity index (χ2v) is 9.83. The minimum absolute atomic E-state index is 0.0899. The number of aliphatic imine (C=N–C) groups is 2.